The zero-order valence-corrected chi connectivity index (χ0v) is 7.70. The van der Waals surface area contributed by atoms with E-state index in [0.29, 0.717) is 0 Å². The summed E-state index contributed by atoms with van der Waals surface area (Å²) in [5, 5.41) is 2.70. The molecule has 0 amide bonds. The topological polar surface area (TPSA) is 42.8 Å². The van der Waals surface area contributed by atoms with E-state index in [1.807, 2.05) is 0 Å². The molecule has 0 saturated heterocycles. The van der Waals surface area contributed by atoms with E-state index in [1.165, 1.54) is 0 Å². The highest BCUT2D eigenvalue weighted by Gasteiger charge is 2.26. The summed E-state index contributed by atoms with van der Waals surface area (Å²) in [7, 11) is 0. The molecule has 2 aliphatic heterocycles. The Morgan fingerprint density at radius 2 is 2.33 bits per heavy atom. The van der Waals surface area contributed by atoms with Crippen LogP contribution in [0.4, 0.5) is 0 Å². The van der Waals surface area contributed by atoms with E-state index < -0.39 is 25.2 Å². The van der Waals surface area contributed by atoms with Gasteiger partial charge >= 0.3 is 0 Å². The molecule has 15 heavy (non-hydrogen) atoms. The maximum atomic E-state index is 7.82. The largest absolute Gasteiger partial charge is 0.485 e. The molecule has 2 heterocycles. The van der Waals surface area contributed by atoms with E-state index in [2.05, 4.69) is 10.3 Å². The summed E-state index contributed by atoms with van der Waals surface area (Å²) in [5.41, 5.74) is 0. The minimum absolute atomic E-state index is 0.000377. The van der Waals surface area contributed by atoms with Gasteiger partial charge in [0.05, 0.1) is 14.7 Å². The van der Waals surface area contributed by atoms with Crippen LogP contribution in [0.3, 0.4) is 0 Å². The lowest BCUT2D eigenvalue weighted by Gasteiger charge is -2.26. The van der Waals surface area contributed by atoms with Crippen molar-refractivity contribution in [3.63, 3.8) is 0 Å². The van der Waals surface area contributed by atoms with Crippen molar-refractivity contribution in [1.82, 2.24) is 5.32 Å². The molecule has 0 saturated carbocycles. The van der Waals surface area contributed by atoms with Crippen molar-refractivity contribution in [2.24, 2.45) is 4.99 Å². The molecule has 2 aliphatic rings. The second-order valence-corrected chi connectivity index (χ2v) is 3.05. The monoisotopic (exact) mass is 210 g/mol. The van der Waals surface area contributed by atoms with Crippen molar-refractivity contribution in [3.05, 3.63) is 24.2 Å². The first-order valence-corrected chi connectivity index (χ1v) is 4.48. The van der Waals surface area contributed by atoms with Gasteiger partial charge in [-0.2, -0.15) is 0 Å². The maximum absolute atomic E-state index is 7.82. The van der Waals surface area contributed by atoms with E-state index in [1.54, 1.807) is 0 Å². The summed E-state index contributed by atoms with van der Waals surface area (Å²) >= 11 is 0. The van der Waals surface area contributed by atoms with E-state index >= 15 is 0 Å². The van der Waals surface area contributed by atoms with E-state index in [9.17, 15) is 0 Å². The van der Waals surface area contributed by atoms with Gasteiger partial charge in [0.15, 0.2) is 17.6 Å². The molecule has 1 N–H and O–H groups in total. The van der Waals surface area contributed by atoms with Crippen LogP contribution in [0.15, 0.2) is 29.2 Å². The van der Waals surface area contributed by atoms with Crippen molar-refractivity contribution >= 4 is 5.84 Å². The summed E-state index contributed by atoms with van der Waals surface area (Å²) in [6.45, 7) is -1.83. The molecule has 0 aliphatic carbocycles. The predicted octanol–water partition coefficient (Wildman–Crippen LogP) is 0.828. The predicted molar refractivity (Wildman–Crippen MR) is 56.7 cm³/mol. The Bertz CT molecular complexity index is 638. The van der Waals surface area contributed by atoms with Crippen LogP contribution in [0, 0.1) is 0 Å². The van der Waals surface area contributed by atoms with Crippen LogP contribution in [-0.4, -0.2) is 31.6 Å². The smallest absolute Gasteiger partial charge is 0.189 e. The fourth-order valence-corrected chi connectivity index (χ4v) is 1.40. The quantitative estimate of drug-likeness (QED) is 0.746. The third kappa shape index (κ3) is 1.52. The fourth-order valence-electron chi connectivity index (χ4n) is 1.40. The third-order valence-corrected chi connectivity index (χ3v) is 2.08. The molecule has 78 valence electrons. The first-order valence-electron chi connectivity index (χ1n) is 7.64. The van der Waals surface area contributed by atoms with Crippen molar-refractivity contribution in [3.8, 4) is 11.5 Å². The van der Waals surface area contributed by atoms with Crippen LogP contribution < -0.4 is 14.8 Å². The zero-order chi connectivity index (χ0) is 15.3. The zero-order valence-electron chi connectivity index (χ0n) is 13.7. The highest BCUT2D eigenvalue weighted by Crippen LogP contribution is 2.31. The van der Waals surface area contributed by atoms with Crippen LogP contribution in [0.5, 0.6) is 11.5 Å². The number of ether oxygens (including phenoxy) is 2. The van der Waals surface area contributed by atoms with Gasteiger partial charge in [0.25, 0.3) is 0 Å². The standard InChI is InChI=1S/C11H12N2O2/c1-2-4-9-8(3-1)14-7-10(15-9)11-12-5-6-13-11/h1-4,10H,5-7H2,(H,12,13)/i1D,2D,3D,4D,5D,6D/t5-,6-,10?/m0/s1. The SMILES string of the molecule is [2H]c1c([2H])c([2H])c2c(c1[2H])OCC(C1=N[C@@H]([2H])[C@H]([2H])N1)O2. The Kier molecular flexibility index (Phi) is 1.02. The van der Waals surface area contributed by atoms with Crippen molar-refractivity contribution < 1.29 is 17.7 Å². The number of hydrogen-bond acceptors (Lipinski definition) is 4. The third-order valence-electron chi connectivity index (χ3n) is 2.08. The van der Waals surface area contributed by atoms with Gasteiger partial charge < -0.3 is 14.8 Å². The Morgan fingerprint density at radius 1 is 1.47 bits per heavy atom. The summed E-state index contributed by atoms with van der Waals surface area (Å²) in [6.07, 6.45) is -0.722. The molecule has 0 aromatic heterocycles. The van der Waals surface area contributed by atoms with Crippen LogP contribution in [0.2, 0.25) is 0 Å². The lowest BCUT2D eigenvalue weighted by molar-refractivity contribution is 0.133. The number of para-hydroxylation sites is 2. The first-order chi connectivity index (χ1) is 9.90. The number of amidine groups is 1. The Labute approximate surface area is 96.3 Å². The number of aliphatic imine (C=N–C) groups is 1. The van der Waals surface area contributed by atoms with Crippen LogP contribution in [-0.2, 0) is 0 Å². The van der Waals surface area contributed by atoms with Crippen LogP contribution in [0.1, 0.15) is 8.22 Å². The molecule has 3 rings (SSSR count). The molecular formula is C11H12N2O2. The molecular weight excluding hydrogens is 192 g/mol. The van der Waals surface area contributed by atoms with E-state index in [-0.39, 0.29) is 42.1 Å². The van der Waals surface area contributed by atoms with Gasteiger partial charge in [-0.15, -0.1) is 0 Å². The highest BCUT2D eigenvalue weighted by molar-refractivity contribution is 5.88. The fraction of sp³-hybridized carbons (Fsp3) is 0.364. The molecule has 0 bridgehead atoms. The minimum atomic E-state index is -0.949. The van der Waals surface area contributed by atoms with Crippen LogP contribution in [0.25, 0.3) is 0 Å². The average molecular weight is 210 g/mol. The summed E-state index contributed by atoms with van der Waals surface area (Å²) in [4.78, 5) is 3.95. The molecule has 0 fully saturated rings. The van der Waals surface area contributed by atoms with Gasteiger partial charge in [0.2, 0.25) is 0 Å². The van der Waals surface area contributed by atoms with Crippen LogP contribution >= 0.6 is 0 Å². The first kappa shape index (κ1) is 4.43. The number of nitrogens with one attached hydrogen (secondary N) is 1. The van der Waals surface area contributed by atoms with Gasteiger partial charge in [-0.3, -0.25) is 4.99 Å². The molecule has 1 aromatic rings. The molecule has 4 heteroatoms. The van der Waals surface area contributed by atoms with E-state index in [4.69, 9.17) is 17.7 Å². The second kappa shape index (κ2) is 3.46. The summed E-state index contributed by atoms with van der Waals surface area (Å²) < 4.78 is 56.8. The molecule has 0 spiro atoms. The molecule has 3 atom stereocenters. The molecule has 1 unspecified atom stereocenters. The normalized spacial score (nSPS) is 38.7. The summed E-state index contributed by atoms with van der Waals surface area (Å²) in [6, 6.07) is -1.39. The second-order valence-electron chi connectivity index (χ2n) is 3.05. The maximum Gasteiger partial charge on any atom is 0.189 e. The molecule has 4 nitrogen and oxygen atoms in total. The van der Waals surface area contributed by atoms with Crippen molar-refractivity contribution in [2.45, 2.75) is 6.10 Å². The highest BCUT2D eigenvalue weighted by atomic mass is 16.6. The minimum Gasteiger partial charge on any atom is -0.485 e. The van der Waals surface area contributed by atoms with Gasteiger partial charge in [0.1, 0.15) is 12.4 Å². The van der Waals surface area contributed by atoms with Gasteiger partial charge in [-0.05, 0) is 12.1 Å². The Hall–Kier alpha value is -1.71. The lowest BCUT2D eigenvalue weighted by atomic mass is 10.2. The van der Waals surface area contributed by atoms with Gasteiger partial charge in [-0.25, -0.2) is 0 Å². The Morgan fingerprint density at radius 3 is 3.13 bits per heavy atom. The average Bonchev–Trinajstić information content (AvgIpc) is 2.82. The number of nitrogens with zero attached hydrogens (tertiary/aromatic N) is 1. The molecule has 1 aromatic carbocycles. The van der Waals surface area contributed by atoms with Gasteiger partial charge in [-0.1, -0.05) is 12.1 Å². The van der Waals surface area contributed by atoms with Crippen molar-refractivity contribution in [2.75, 3.05) is 19.6 Å². The Balaban J connectivity index is 1.95. The number of fused-ring (bicyclic) bond motifs is 1. The number of hydrogen-bond donors (Lipinski definition) is 1. The number of benzene rings is 1. The van der Waals surface area contributed by atoms with Gasteiger partial charge in [0, 0.05) is 6.52 Å². The lowest BCUT2D eigenvalue weighted by Crippen LogP contribution is -2.42. The summed E-state index contributed by atoms with van der Waals surface area (Å²) in [5.74, 6) is 0.186. The number of rotatable bonds is 1. The van der Waals surface area contributed by atoms with Crippen molar-refractivity contribution in [1.29, 1.82) is 0 Å². The molecule has 0 radical (unpaired) electrons. The van der Waals surface area contributed by atoms with E-state index in [0.717, 1.165) is 0 Å².